The van der Waals surface area contributed by atoms with Crippen molar-refractivity contribution in [2.75, 3.05) is 26.2 Å². The SMILES string of the molecule is CC([Si]N1CCCC1)[Si]N1CCCC1. The summed E-state index contributed by atoms with van der Waals surface area (Å²) < 4.78 is 5.35. The zero-order chi connectivity index (χ0) is 9.80. The van der Waals surface area contributed by atoms with E-state index in [0.717, 1.165) is 24.5 Å². The lowest BCUT2D eigenvalue weighted by Gasteiger charge is -2.22. The van der Waals surface area contributed by atoms with Gasteiger partial charge in [-0.2, -0.15) is 0 Å². The Labute approximate surface area is 92.8 Å². The van der Waals surface area contributed by atoms with Gasteiger partial charge in [-0.3, -0.25) is 0 Å². The molecule has 0 aromatic rings. The van der Waals surface area contributed by atoms with Crippen molar-refractivity contribution in [3.63, 3.8) is 0 Å². The lowest BCUT2D eigenvalue weighted by molar-refractivity contribution is 0.531. The van der Waals surface area contributed by atoms with E-state index in [-0.39, 0.29) is 0 Å². The molecule has 0 aromatic heterocycles. The molecule has 0 N–H and O–H groups in total. The van der Waals surface area contributed by atoms with Gasteiger partial charge >= 0.3 is 0 Å². The van der Waals surface area contributed by atoms with Gasteiger partial charge in [0.2, 0.25) is 0 Å². The maximum atomic E-state index is 2.67. The standard InChI is InChI=1S/C10H20N2Si2/c1-10(13-11-6-2-3-7-11)14-12-8-4-5-9-12/h10H,2-9H2,1H3. The number of rotatable bonds is 4. The van der Waals surface area contributed by atoms with Crippen LogP contribution in [-0.2, 0) is 0 Å². The third-order valence-electron chi connectivity index (χ3n) is 2.96. The van der Waals surface area contributed by atoms with Crippen LogP contribution in [-0.4, -0.2) is 54.7 Å². The summed E-state index contributed by atoms with van der Waals surface area (Å²) in [4.78, 5) is 0. The Bertz CT molecular complexity index is 148. The molecule has 0 unspecified atom stereocenters. The summed E-state index contributed by atoms with van der Waals surface area (Å²) in [7, 11) is 2.18. The normalized spacial score (nSPS) is 25.3. The average Bonchev–Trinajstić information content (AvgIpc) is 2.76. The lowest BCUT2D eigenvalue weighted by Crippen LogP contribution is -2.35. The van der Waals surface area contributed by atoms with Crippen molar-refractivity contribution in [1.29, 1.82) is 0 Å². The Kier molecular flexibility index (Phi) is 4.22. The summed E-state index contributed by atoms with van der Waals surface area (Å²) in [6, 6.07) is 0. The number of hydrogen-bond donors (Lipinski definition) is 0. The molecule has 2 nitrogen and oxygen atoms in total. The summed E-state index contributed by atoms with van der Waals surface area (Å²) >= 11 is 0. The fraction of sp³-hybridized carbons (Fsp3) is 1.00. The molecule has 0 amide bonds. The van der Waals surface area contributed by atoms with Crippen molar-refractivity contribution >= 4 is 19.4 Å². The highest BCUT2D eigenvalue weighted by Gasteiger charge is 2.20. The largest absolute Gasteiger partial charge is 0.325 e. The minimum atomic E-state index is 0.922. The molecule has 2 aliphatic rings. The average molecular weight is 224 g/mol. The minimum absolute atomic E-state index is 0.922. The van der Waals surface area contributed by atoms with E-state index in [1.165, 1.54) is 51.9 Å². The van der Waals surface area contributed by atoms with Gasteiger partial charge in [0, 0.05) is 0 Å². The minimum Gasteiger partial charge on any atom is -0.325 e. The molecule has 4 radical (unpaired) electrons. The van der Waals surface area contributed by atoms with Crippen molar-refractivity contribution < 1.29 is 0 Å². The second-order valence-electron chi connectivity index (χ2n) is 4.37. The monoisotopic (exact) mass is 224 g/mol. The van der Waals surface area contributed by atoms with Crippen molar-refractivity contribution in [2.45, 2.75) is 37.8 Å². The summed E-state index contributed by atoms with van der Waals surface area (Å²) in [5, 5.41) is 0.922. The van der Waals surface area contributed by atoms with E-state index in [9.17, 15) is 0 Å². The summed E-state index contributed by atoms with van der Waals surface area (Å²) in [6.07, 6.45) is 5.75. The molecular formula is C10H20N2Si2. The fourth-order valence-corrected chi connectivity index (χ4v) is 5.84. The van der Waals surface area contributed by atoms with Crippen LogP contribution in [0.3, 0.4) is 0 Å². The van der Waals surface area contributed by atoms with E-state index < -0.39 is 0 Å². The summed E-state index contributed by atoms with van der Waals surface area (Å²) in [5.41, 5.74) is 0. The third kappa shape index (κ3) is 3.19. The smallest absolute Gasteiger partial charge is 0.142 e. The quantitative estimate of drug-likeness (QED) is 0.662. The van der Waals surface area contributed by atoms with E-state index in [4.69, 9.17) is 0 Å². The fourth-order valence-electron chi connectivity index (χ4n) is 2.27. The Balaban J connectivity index is 1.64. The molecule has 0 saturated carbocycles. The molecule has 0 aromatic carbocycles. The molecule has 0 aliphatic carbocycles. The molecule has 2 fully saturated rings. The van der Waals surface area contributed by atoms with Gasteiger partial charge in [-0.15, -0.1) is 0 Å². The van der Waals surface area contributed by atoms with Gasteiger partial charge < -0.3 is 9.13 Å². The van der Waals surface area contributed by atoms with E-state index >= 15 is 0 Å². The van der Waals surface area contributed by atoms with Crippen molar-refractivity contribution in [1.82, 2.24) is 9.13 Å². The van der Waals surface area contributed by atoms with Crippen LogP contribution in [0.2, 0.25) is 5.16 Å². The first kappa shape index (κ1) is 10.9. The number of hydrogen-bond acceptors (Lipinski definition) is 2. The molecule has 0 spiro atoms. The van der Waals surface area contributed by atoms with Gasteiger partial charge in [-0.05, 0) is 57.0 Å². The van der Waals surface area contributed by atoms with E-state index in [1.54, 1.807) is 0 Å². The van der Waals surface area contributed by atoms with Gasteiger partial charge in [0.15, 0.2) is 0 Å². The Morgan fingerprint density at radius 1 is 0.786 bits per heavy atom. The van der Waals surface area contributed by atoms with Crippen LogP contribution in [0.5, 0.6) is 0 Å². The molecule has 0 bridgehead atoms. The highest BCUT2D eigenvalue weighted by molar-refractivity contribution is 6.55. The first-order chi connectivity index (χ1) is 6.84. The number of nitrogens with zero attached hydrogens (tertiary/aromatic N) is 2. The molecular weight excluding hydrogens is 204 g/mol. The lowest BCUT2D eigenvalue weighted by atomic mass is 10.4. The Morgan fingerprint density at radius 3 is 1.50 bits per heavy atom. The van der Waals surface area contributed by atoms with Crippen LogP contribution in [0.1, 0.15) is 32.6 Å². The molecule has 0 atom stereocenters. The Hall–Kier alpha value is 0.354. The third-order valence-corrected chi connectivity index (χ3v) is 6.14. The van der Waals surface area contributed by atoms with Crippen LogP contribution in [0.4, 0.5) is 0 Å². The van der Waals surface area contributed by atoms with Crippen LogP contribution < -0.4 is 0 Å². The maximum absolute atomic E-state index is 2.67. The highest BCUT2D eigenvalue weighted by atomic mass is 28.3. The van der Waals surface area contributed by atoms with E-state index in [1.807, 2.05) is 0 Å². The second-order valence-corrected chi connectivity index (χ2v) is 8.46. The van der Waals surface area contributed by atoms with E-state index in [0.29, 0.717) is 0 Å². The first-order valence-electron chi connectivity index (χ1n) is 5.87. The van der Waals surface area contributed by atoms with E-state index in [2.05, 4.69) is 16.1 Å². The topological polar surface area (TPSA) is 6.48 Å². The van der Waals surface area contributed by atoms with Gasteiger partial charge in [0.1, 0.15) is 19.4 Å². The van der Waals surface area contributed by atoms with Gasteiger partial charge in [0.05, 0.1) is 0 Å². The zero-order valence-corrected chi connectivity index (χ0v) is 11.1. The molecule has 2 aliphatic heterocycles. The van der Waals surface area contributed by atoms with Crippen molar-refractivity contribution in [3.8, 4) is 0 Å². The zero-order valence-electron chi connectivity index (χ0n) is 9.13. The molecule has 2 saturated heterocycles. The molecule has 78 valence electrons. The summed E-state index contributed by atoms with van der Waals surface area (Å²) in [5.74, 6) is 0. The molecule has 2 heterocycles. The first-order valence-corrected chi connectivity index (χ1v) is 7.92. The highest BCUT2D eigenvalue weighted by Crippen LogP contribution is 2.14. The van der Waals surface area contributed by atoms with Crippen LogP contribution in [0, 0.1) is 0 Å². The second kappa shape index (κ2) is 5.44. The molecule has 2 rings (SSSR count). The van der Waals surface area contributed by atoms with Crippen molar-refractivity contribution in [3.05, 3.63) is 0 Å². The maximum Gasteiger partial charge on any atom is 0.142 e. The van der Waals surface area contributed by atoms with Crippen LogP contribution >= 0.6 is 0 Å². The van der Waals surface area contributed by atoms with Gasteiger partial charge in [0.25, 0.3) is 0 Å². The van der Waals surface area contributed by atoms with Crippen molar-refractivity contribution in [2.24, 2.45) is 0 Å². The predicted octanol–water partition coefficient (Wildman–Crippen LogP) is 1.18. The molecule has 4 heteroatoms. The van der Waals surface area contributed by atoms with Gasteiger partial charge in [-0.25, -0.2) is 0 Å². The van der Waals surface area contributed by atoms with Gasteiger partial charge in [-0.1, -0.05) is 6.92 Å². The predicted molar refractivity (Wildman–Crippen MR) is 62.5 cm³/mol. The van der Waals surface area contributed by atoms with Crippen LogP contribution in [0.15, 0.2) is 0 Å². The Morgan fingerprint density at radius 2 is 1.14 bits per heavy atom. The van der Waals surface area contributed by atoms with Crippen LogP contribution in [0.25, 0.3) is 0 Å². The molecule has 14 heavy (non-hydrogen) atoms. The summed E-state index contributed by atoms with van der Waals surface area (Å²) in [6.45, 7) is 7.91.